The van der Waals surface area contributed by atoms with Crippen LogP contribution in [-0.2, 0) is 10.3 Å². The molecular weight excluding hydrogens is 250 g/mol. The first-order chi connectivity index (χ1) is 9.65. The number of hydrogen-bond acceptors (Lipinski definition) is 3. The van der Waals surface area contributed by atoms with Gasteiger partial charge in [0.1, 0.15) is 11.4 Å². The van der Waals surface area contributed by atoms with E-state index in [9.17, 15) is 0 Å². The molecule has 0 unspecified atom stereocenters. The number of ether oxygens (including phenoxy) is 2. The Hall–Kier alpha value is -1.06. The Morgan fingerprint density at radius 1 is 1.35 bits per heavy atom. The van der Waals surface area contributed by atoms with Gasteiger partial charge in [-0.05, 0) is 44.5 Å². The largest absolute Gasteiger partial charge is 0.497 e. The lowest BCUT2D eigenvalue weighted by Gasteiger charge is -2.53. The molecule has 2 aliphatic rings. The Morgan fingerprint density at radius 2 is 2.20 bits per heavy atom. The minimum absolute atomic E-state index is 0.154. The molecule has 0 radical (unpaired) electrons. The normalized spacial score (nSPS) is 34.5. The van der Waals surface area contributed by atoms with E-state index in [0.717, 1.165) is 18.7 Å². The van der Waals surface area contributed by atoms with Crippen LogP contribution in [0.1, 0.15) is 38.2 Å². The van der Waals surface area contributed by atoms with Crippen molar-refractivity contribution in [1.29, 1.82) is 0 Å². The summed E-state index contributed by atoms with van der Waals surface area (Å²) in [7, 11) is 3.97. The molecule has 1 heterocycles. The van der Waals surface area contributed by atoms with Crippen LogP contribution < -0.4 is 4.74 Å². The molecule has 0 amide bonds. The number of rotatable bonds is 2. The van der Waals surface area contributed by atoms with Gasteiger partial charge in [0.2, 0.25) is 0 Å². The molecule has 1 aliphatic carbocycles. The second-order valence-electron chi connectivity index (χ2n) is 6.25. The number of likely N-dealkylation sites (N-methyl/N-ethyl adjacent to an activating group) is 1. The monoisotopic (exact) mass is 275 g/mol. The minimum atomic E-state index is -0.154. The highest BCUT2D eigenvalue weighted by Crippen LogP contribution is 2.46. The SMILES string of the molecule is COc1cccc([C@@]23CCCC[C@H]2N(C)C[C@@H](C)O3)c1. The zero-order valence-corrected chi connectivity index (χ0v) is 12.8. The lowest BCUT2D eigenvalue weighted by molar-refractivity contribution is -0.198. The van der Waals surface area contributed by atoms with Crippen molar-refractivity contribution >= 4 is 0 Å². The smallest absolute Gasteiger partial charge is 0.119 e. The molecule has 1 aromatic carbocycles. The highest BCUT2D eigenvalue weighted by molar-refractivity contribution is 5.34. The number of benzene rings is 1. The number of methoxy groups -OCH3 is 1. The third kappa shape index (κ3) is 2.23. The summed E-state index contributed by atoms with van der Waals surface area (Å²) in [6.45, 7) is 3.21. The fraction of sp³-hybridized carbons (Fsp3) is 0.647. The van der Waals surface area contributed by atoms with Crippen molar-refractivity contribution < 1.29 is 9.47 Å². The lowest BCUT2D eigenvalue weighted by Crippen LogP contribution is -2.60. The predicted molar refractivity (Wildman–Crippen MR) is 80.1 cm³/mol. The fourth-order valence-electron chi connectivity index (χ4n) is 4.06. The summed E-state index contributed by atoms with van der Waals surface area (Å²) in [5.41, 5.74) is 1.12. The van der Waals surface area contributed by atoms with Crippen LogP contribution >= 0.6 is 0 Å². The molecule has 3 rings (SSSR count). The van der Waals surface area contributed by atoms with Crippen molar-refractivity contribution in [2.45, 2.75) is 50.4 Å². The van der Waals surface area contributed by atoms with E-state index in [1.54, 1.807) is 7.11 Å². The van der Waals surface area contributed by atoms with E-state index in [1.165, 1.54) is 24.8 Å². The van der Waals surface area contributed by atoms with E-state index in [0.29, 0.717) is 6.04 Å². The van der Waals surface area contributed by atoms with Gasteiger partial charge in [-0.3, -0.25) is 4.90 Å². The molecule has 0 N–H and O–H groups in total. The van der Waals surface area contributed by atoms with Gasteiger partial charge in [-0.1, -0.05) is 25.0 Å². The molecule has 1 saturated heterocycles. The number of hydrogen-bond donors (Lipinski definition) is 0. The van der Waals surface area contributed by atoms with Gasteiger partial charge in [-0.2, -0.15) is 0 Å². The second-order valence-corrected chi connectivity index (χ2v) is 6.25. The van der Waals surface area contributed by atoms with Crippen molar-refractivity contribution in [2.24, 2.45) is 0 Å². The van der Waals surface area contributed by atoms with E-state index >= 15 is 0 Å². The Kier molecular flexibility index (Phi) is 3.74. The molecule has 0 spiro atoms. The van der Waals surface area contributed by atoms with Gasteiger partial charge in [0.05, 0.1) is 13.2 Å². The number of morpholine rings is 1. The summed E-state index contributed by atoms with van der Waals surface area (Å²) in [5, 5.41) is 0. The second kappa shape index (κ2) is 5.38. The predicted octanol–water partition coefficient (Wildman–Crippen LogP) is 3.18. The van der Waals surface area contributed by atoms with Crippen molar-refractivity contribution in [3.05, 3.63) is 29.8 Å². The third-order valence-corrected chi connectivity index (χ3v) is 4.86. The summed E-state index contributed by atoms with van der Waals surface area (Å²) < 4.78 is 11.9. The molecule has 3 atom stereocenters. The molecule has 3 heteroatoms. The molecule has 110 valence electrons. The Bertz CT molecular complexity index is 476. The van der Waals surface area contributed by atoms with Crippen LogP contribution in [0.2, 0.25) is 0 Å². The maximum absolute atomic E-state index is 6.54. The quantitative estimate of drug-likeness (QED) is 0.827. The van der Waals surface area contributed by atoms with Crippen molar-refractivity contribution in [3.8, 4) is 5.75 Å². The van der Waals surface area contributed by atoms with Crippen LogP contribution in [-0.4, -0.2) is 37.7 Å². The molecule has 1 aromatic rings. The molecule has 1 saturated carbocycles. The van der Waals surface area contributed by atoms with Crippen molar-refractivity contribution in [1.82, 2.24) is 4.90 Å². The highest BCUT2D eigenvalue weighted by Gasteiger charge is 2.49. The molecule has 1 aliphatic heterocycles. The average molecular weight is 275 g/mol. The third-order valence-electron chi connectivity index (χ3n) is 4.86. The van der Waals surface area contributed by atoms with Gasteiger partial charge in [0, 0.05) is 12.6 Å². The van der Waals surface area contributed by atoms with Crippen LogP contribution in [0, 0.1) is 0 Å². The summed E-state index contributed by atoms with van der Waals surface area (Å²) in [5.74, 6) is 0.922. The Morgan fingerprint density at radius 3 is 3.00 bits per heavy atom. The molecule has 0 bridgehead atoms. The number of fused-ring (bicyclic) bond motifs is 1. The van der Waals surface area contributed by atoms with Crippen LogP contribution in [0.15, 0.2) is 24.3 Å². The van der Waals surface area contributed by atoms with Gasteiger partial charge in [-0.25, -0.2) is 0 Å². The maximum atomic E-state index is 6.54. The first-order valence-electron chi connectivity index (χ1n) is 7.68. The molecule has 20 heavy (non-hydrogen) atoms. The van der Waals surface area contributed by atoms with E-state index in [2.05, 4.69) is 37.1 Å². The summed E-state index contributed by atoms with van der Waals surface area (Å²) in [4.78, 5) is 2.49. The average Bonchev–Trinajstić information content (AvgIpc) is 2.47. The zero-order chi connectivity index (χ0) is 14.2. The molecular formula is C17H25NO2. The minimum Gasteiger partial charge on any atom is -0.497 e. The van der Waals surface area contributed by atoms with Gasteiger partial charge in [0.25, 0.3) is 0 Å². The van der Waals surface area contributed by atoms with E-state index in [1.807, 2.05) is 6.07 Å². The summed E-state index contributed by atoms with van der Waals surface area (Å²) in [6.07, 6.45) is 5.16. The van der Waals surface area contributed by atoms with Gasteiger partial charge in [0.15, 0.2) is 0 Å². The zero-order valence-electron chi connectivity index (χ0n) is 12.8. The summed E-state index contributed by atoms with van der Waals surface area (Å²) in [6, 6.07) is 8.93. The molecule has 3 nitrogen and oxygen atoms in total. The van der Waals surface area contributed by atoms with Crippen molar-refractivity contribution in [3.63, 3.8) is 0 Å². The van der Waals surface area contributed by atoms with Crippen LogP contribution in [0.4, 0.5) is 0 Å². The first kappa shape index (κ1) is 13.9. The van der Waals surface area contributed by atoms with Gasteiger partial charge in [-0.15, -0.1) is 0 Å². The van der Waals surface area contributed by atoms with Crippen LogP contribution in [0.5, 0.6) is 5.75 Å². The number of nitrogens with zero attached hydrogens (tertiary/aromatic N) is 1. The standard InChI is InChI=1S/C17H25NO2/c1-13-12-18(2)16-9-4-5-10-17(16,20-13)14-7-6-8-15(11-14)19-3/h6-8,11,13,16H,4-5,9-10,12H2,1-3H3/t13-,16-,17+/m1/s1. The first-order valence-corrected chi connectivity index (χ1v) is 7.68. The maximum Gasteiger partial charge on any atom is 0.119 e. The van der Waals surface area contributed by atoms with Crippen molar-refractivity contribution in [2.75, 3.05) is 20.7 Å². The fourth-order valence-corrected chi connectivity index (χ4v) is 4.06. The van der Waals surface area contributed by atoms with Crippen LogP contribution in [0.25, 0.3) is 0 Å². The van der Waals surface area contributed by atoms with E-state index in [-0.39, 0.29) is 11.7 Å². The Labute approximate surface area is 121 Å². The van der Waals surface area contributed by atoms with Gasteiger partial charge >= 0.3 is 0 Å². The van der Waals surface area contributed by atoms with Gasteiger partial charge < -0.3 is 9.47 Å². The molecule has 0 aromatic heterocycles. The van der Waals surface area contributed by atoms with E-state index < -0.39 is 0 Å². The van der Waals surface area contributed by atoms with E-state index in [4.69, 9.17) is 9.47 Å². The topological polar surface area (TPSA) is 21.7 Å². The molecule has 2 fully saturated rings. The lowest BCUT2D eigenvalue weighted by atomic mass is 9.73. The van der Waals surface area contributed by atoms with Crippen LogP contribution in [0.3, 0.4) is 0 Å². The Balaban J connectivity index is 2.03. The highest BCUT2D eigenvalue weighted by atomic mass is 16.5. The summed E-state index contributed by atoms with van der Waals surface area (Å²) >= 11 is 0.